The minimum Gasteiger partial charge on any atom is -0.493 e. The molecule has 0 saturated heterocycles. The van der Waals surface area contributed by atoms with Gasteiger partial charge in [-0.05, 0) is 12.1 Å². The fourth-order valence-corrected chi connectivity index (χ4v) is 1.60. The molecule has 0 bridgehead atoms. The van der Waals surface area contributed by atoms with E-state index in [2.05, 4.69) is 5.16 Å². The molecule has 0 aromatic carbocycles. The van der Waals surface area contributed by atoms with E-state index in [9.17, 15) is 4.79 Å². The Labute approximate surface area is 113 Å². The first kappa shape index (κ1) is 12.3. The molecule has 2 aromatic rings. The van der Waals surface area contributed by atoms with Crippen LogP contribution in [0.4, 0.5) is 0 Å². The van der Waals surface area contributed by atoms with Gasteiger partial charge in [-0.25, -0.2) is 4.79 Å². The Morgan fingerprint density at radius 2 is 2.30 bits per heavy atom. The average molecular weight is 277 g/mol. The third-order valence-corrected chi connectivity index (χ3v) is 2.52. The summed E-state index contributed by atoms with van der Waals surface area (Å²) < 4.78 is 25.3. The fourth-order valence-electron chi connectivity index (χ4n) is 1.60. The van der Waals surface area contributed by atoms with E-state index in [-0.39, 0.29) is 12.4 Å². The Bertz CT molecular complexity index is 613. The number of nitrogens with zero attached hydrogens (tertiary/aromatic N) is 1. The van der Waals surface area contributed by atoms with Crippen molar-refractivity contribution in [3.8, 4) is 11.5 Å². The summed E-state index contributed by atoms with van der Waals surface area (Å²) in [6.07, 6.45) is 2.77. The van der Waals surface area contributed by atoms with Crippen LogP contribution in [0.5, 0.6) is 0 Å². The molecule has 0 N–H and O–H groups in total. The number of hydrogen-bond donors (Lipinski definition) is 0. The van der Waals surface area contributed by atoms with E-state index in [1.165, 1.54) is 12.5 Å². The maximum absolute atomic E-state index is 11.6. The summed E-state index contributed by atoms with van der Waals surface area (Å²) in [6, 6.07) is 5.12. The van der Waals surface area contributed by atoms with Gasteiger partial charge in [-0.15, -0.1) is 0 Å². The van der Waals surface area contributed by atoms with E-state index in [4.69, 9.17) is 23.2 Å². The van der Waals surface area contributed by atoms with Crippen molar-refractivity contribution < 1.29 is 27.9 Å². The molecule has 3 heterocycles. The number of carbonyl (C=O) groups is 1. The molecule has 0 aliphatic carbocycles. The van der Waals surface area contributed by atoms with Crippen LogP contribution in [0.2, 0.25) is 0 Å². The monoisotopic (exact) mass is 277 g/mol. The molecule has 7 nitrogen and oxygen atoms in total. The van der Waals surface area contributed by atoms with Crippen LogP contribution < -0.4 is 0 Å². The van der Waals surface area contributed by atoms with Gasteiger partial charge in [0.05, 0.1) is 6.26 Å². The number of ether oxygens (including phenoxy) is 3. The lowest BCUT2D eigenvalue weighted by Gasteiger charge is -2.13. The van der Waals surface area contributed by atoms with Crippen molar-refractivity contribution in [1.82, 2.24) is 5.16 Å². The number of carbonyl (C=O) groups excluding carboxylic acids is 1. The summed E-state index contributed by atoms with van der Waals surface area (Å²) in [6.45, 7) is 0.726. The topological polar surface area (TPSA) is 83.9 Å². The molecule has 1 aliphatic heterocycles. The Balaban J connectivity index is 1.59. The van der Waals surface area contributed by atoms with E-state index in [1.54, 1.807) is 18.2 Å². The van der Waals surface area contributed by atoms with Crippen LogP contribution >= 0.6 is 0 Å². The average Bonchev–Trinajstić information content (AvgIpc) is 3.16. The van der Waals surface area contributed by atoms with E-state index in [0.717, 1.165) is 0 Å². The van der Waals surface area contributed by atoms with E-state index in [1.807, 2.05) is 0 Å². The number of aromatic nitrogens is 1. The van der Waals surface area contributed by atoms with Crippen molar-refractivity contribution >= 4 is 5.97 Å². The van der Waals surface area contributed by atoms with E-state index < -0.39 is 5.97 Å². The first-order valence-electron chi connectivity index (χ1n) is 5.94. The quantitative estimate of drug-likeness (QED) is 0.788. The second kappa shape index (κ2) is 5.52. The van der Waals surface area contributed by atoms with Crippen molar-refractivity contribution in [2.24, 2.45) is 0 Å². The predicted octanol–water partition coefficient (Wildman–Crippen LogP) is 1.87. The molecule has 0 radical (unpaired) electrons. The predicted molar refractivity (Wildman–Crippen MR) is 64.0 cm³/mol. The SMILES string of the molecule is O=C(OCc1cc(-c2ccco2)on1)C1=COCCO1. The van der Waals surface area contributed by atoms with E-state index in [0.29, 0.717) is 30.4 Å². The van der Waals surface area contributed by atoms with Gasteiger partial charge in [0.15, 0.2) is 5.76 Å². The lowest BCUT2D eigenvalue weighted by atomic mass is 10.3. The fraction of sp³-hybridized carbons (Fsp3) is 0.231. The summed E-state index contributed by atoms with van der Waals surface area (Å²) in [5.74, 6) is 0.470. The second-order valence-electron chi connectivity index (χ2n) is 3.94. The molecular weight excluding hydrogens is 266 g/mol. The van der Waals surface area contributed by atoms with Crippen molar-refractivity contribution in [3.63, 3.8) is 0 Å². The molecule has 0 spiro atoms. The van der Waals surface area contributed by atoms with Gasteiger partial charge in [0.1, 0.15) is 31.8 Å². The standard InChI is InChI=1S/C13H11NO6/c15-13(12-8-16-4-5-18-12)19-7-9-6-11(20-14-9)10-2-1-3-17-10/h1-3,6,8H,4-5,7H2. The zero-order valence-electron chi connectivity index (χ0n) is 10.4. The van der Waals surface area contributed by atoms with Gasteiger partial charge in [0, 0.05) is 6.07 Å². The molecule has 7 heteroatoms. The highest BCUT2D eigenvalue weighted by atomic mass is 16.6. The van der Waals surface area contributed by atoms with Crippen molar-refractivity contribution in [1.29, 1.82) is 0 Å². The van der Waals surface area contributed by atoms with E-state index >= 15 is 0 Å². The maximum Gasteiger partial charge on any atom is 0.377 e. The third kappa shape index (κ3) is 2.66. The van der Waals surface area contributed by atoms with Crippen molar-refractivity contribution in [3.05, 3.63) is 42.2 Å². The lowest BCUT2D eigenvalue weighted by Crippen LogP contribution is -2.17. The summed E-state index contributed by atoms with van der Waals surface area (Å²) in [5, 5.41) is 3.79. The van der Waals surface area contributed by atoms with Gasteiger partial charge in [-0.2, -0.15) is 0 Å². The molecule has 2 aromatic heterocycles. The molecule has 0 amide bonds. The van der Waals surface area contributed by atoms with Crippen LogP contribution in [0.1, 0.15) is 5.69 Å². The van der Waals surface area contributed by atoms with Gasteiger partial charge in [0.25, 0.3) is 0 Å². The van der Waals surface area contributed by atoms with Gasteiger partial charge in [-0.1, -0.05) is 5.16 Å². The first-order chi connectivity index (χ1) is 9.83. The number of rotatable bonds is 4. The molecule has 0 fully saturated rings. The molecular formula is C13H11NO6. The van der Waals surface area contributed by atoms with Crippen LogP contribution in [0.15, 0.2) is 45.4 Å². The van der Waals surface area contributed by atoms with Gasteiger partial charge >= 0.3 is 5.97 Å². The molecule has 1 aliphatic rings. The minimum atomic E-state index is -0.604. The Kier molecular flexibility index (Phi) is 3.40. The van der Waals surface area contributed by atoms with Gasteiger partial charge < -0.3 is 23.2 Å². The summed E-state index contributed by atoms with van der Waals surface area (Å²) in [4.78, 5) is 11.6. The molecule has 0 saturated carbocycles. The van der Waals surface area contributed by atoms with Crippen molar-refractivity contribution in [2.45, 2.75) is 6.61 Å². The van der Waals surface area contributed by atoms with Crippen LogP contribution in [0.3, 0.4) is 0 Å². The normalized spacial score (nSPS) is 14.1. The number of furan rings is 1. The molecule has 20 heavy (non-hydrogen) atoms. The molecule has 104 valence electrons. The highest BCUT2D eigenvalue weighted by Crippen LogP contribution is 2.21. The van der Waals surface area contributed by atoms with Crippen LogP contribution in [0, 0.1) is 0 Å². The van der Waals surface area contributed by atoms with Crippen LogP contribution in [-0.2, 0) is 25.6 Å². The highest BCUT2D eigenvalue weighted by Gasteiger charge is 2.18. The molecule has 0 atom stereocenters. The zero-order valence-corrected chi connectivity index (χ0v) is 10.4. The zero-order chi connectivity index (χ0) is 13.8. The number of hydrogen-bond acceptors (Lipinski definition) is 7. The number of esters is 1. The Hall–Kier alpha value is -2.70. The van der Waals surface area contributed by atoms with Crippen LogP contribution in [0.25, 0.3) is 11.5 Å². The first-order valence-corrected chi connectivity index (χ1v) is 5.94. The maximum atomic E-state index is 11.6. The third-order valence-electron chi connectivity index (χ3n) is 2.52. The largest absolute Gasteiger partial charge is 0.493 e. The smallest absolute Gasteiger partial charge is 0.377 e. The highest BCUT2D eigenvalue weighted by molar-refractivity contribution is 5.86. The summed E-state index contributed by atoms with van der Waals surface area (Å²) >= 11 is 0. The second-order valence-corrected chi connectivity index (χ2v) is 3.94. The Morgan fingerprint density at radius 1 is 1.35 bits per heavy atom. The lowest BCUT2D eigenvalue weighted by molar-refractivity contribution is -0.146. The molecule has 0 unspecified atom stereocenters. The van der Waals surface area contributed by atoms with Gasteiger partial charge in [0.2, 0.25) is 11.5 Å². The Morgan fingerprint density at radius 3 is 3.05 bits per heavy atom. The minimum absolute atomic E-state index is 0.0241. The molecule has 3 rings (SSSR count). The van der Waals surface area contributed by atoms with Crippen molar-refractivity contribution in [2.75, 3.05) is 13.2 Å². The summed E-state index contributed by atoms with van der Waals surface area (Å²) in [5.41, 5.74) is 0.474. The summed E-state index contributed by atoms with van der Waals surface area (Å²) in [7, 11) is 0. The van der Waals surface area contributed by atoms with Crippen LogP contribution in [-0.4, -0.2) is 24.3 Å². The van der Waals surface area contributed by atoms with Gasteiger partial charge in [-0.3, -0.25) is 0 Å².